The molecular weight excluding hydrogens is 252 g/mol. The first kappa shape index (κ1) is 14.3. The van der Waals surface area contributed by atoms with Gasteiger partial charge in [-0.15, -0.1) is 0 Å². The Balaban J connectivity index is 3.09. The van der Waals surface area contributed by atoms with Crippen molar-refractivity contribution < 1.29 is 0 Å². The molecule has 0 bridgehead atoms. The van der Waals surface area contributed by atoms with Crippen molar-refractivity contribution in [2.24, 2.45) is 5.73 Å². The van der Waals surface area contributed by atoms with Crippen LogP contribution in [0.5, 0.6) is 0 Å². The van der Waals surface area contributed by atoms with Gasteiger partial charge in [-0.2, -0.15) is 0 Å². The summed E-state index contributed by atoms with van der Waals surface area (Å²) in [5.41, 5.74) is 7.59. The predicted molar refractivity (Wildman–Crippen MR) is 80.1 cm³/mol. The van der Waals surface area contributed by atoms with Gasteiger partial charge >= 0.3 is 0 Å². The number of halogens is 1. The molecule has 0 heterocycles. The van der Waals surface area contributed by atoms with E-state index in [-0.39, 0.29) is 0 Å². The summed E-state index contributed by atoms with van der Waals surface area (Å²) in [6.07, 6.45) is 2.32. The molecular formula is C13H19ClN2S. The third kappa shape index (κ3) is 3.58. The Morgan fingerprint density at radius 2 is 2.12 bits per heavy atom. The molecule has 4 heteroatoms. The number of thiocarbonyl (C=S) groups is 1. The molecule has 2 nitrogen and oxygen atoms in total. The molecule has 0 atom stereocenters. The monoisotopic (exact) mass is 270 g/mol. The molecule has 0 aliphatic rings. The van der Waals surface area contributed by atoms with Crippen LogP contribution in [-0.2, 0) is 0 Å². The molecule has 0 amide bonds. The van der Waals surface area contributed by atoms with Gasteiger partial charge in [0, 0.05) is 18.8 Å². The van der Waals surface area contributed by atoms with Gasteiger partial charge in [0.05, 0.1) is 10.6 Å². The van der Waals surface area contributed by atoms with Crippen molar-refractivity contribution in [2.75, 3.05) is 18.0 Å². The van der Waals surface area contributed by atoms with E-state index in [1.165, 1.54) is 6.42 Å². The summed E-state index contributed by atoms with van der Waals surface area (Å²) in [7, 11) is 0. The van der Waals surface area contributed by atoms with E-state index in [1.807, 2.05) is 18.2 Å². The quantitative estimate of drug-likeness (QED) is 0.801. The van der Waals surface area contributed by atoms with Crippen molar-refractivity contribution in [1.29, 1.82) is 0 Å². The first-order valence-electron chi connectivity index (χ1n) is 5.95. The van der Waals surface area contributed by atoms with Gasteiger partial charge in [-0.1, -0.05) is 43.2 Å². The fourth-order valence-corrected chi connectivity index (χ4v) is 2.36. The third-order valence-corrected chi connectivity index (χ3v) is 3.26. The van der Waals surface area contributed by atoms with Crippen LogP contribution in [0.4, 0.5) is 5.69 Å². The Morgan fingerprint density at radius 3 is 2.65 bits per heavy atom. The van der Waals surface area contributed by atoms with E-state index in [4.69, 9.17) is 29.6 Å². The molecule has 17 heavy (non-hydrogen) atoms. The van der Waals surface area contributed by atoms with Crippen LogP contribution in [-0.4, -0.2) is 18.1 Å². The minimum absolute atomic E-state index is 0.362. The number of nitrogens with two attached hydrogens (primary N) is 1. The zero-order valence-electron chi connectivity index (χ0n) is 10.4. The van der Waals surface area contributed by atoms with Crippen LogP contribution in [0.15, 0.2) is 18.2 Å². The Kier molecular flexibility index (Phi) is 5.72. The Labute approximate surface area is 114 Å². The van der Waals surface area contributed by atoms with Gasteiger partial charge in [-0.3, -0.25) is 0 Å². The predicted octanol–water partition coefficient (Wildman–Crippen LogP) is 3.60. The first-order valence-corrected chi connectivity index (χ1v) is 6.73. The summed E-state index contributed by atoms with van der Waals surface area (Å²) < 4.78 is 0. The van der Waals surface area contributed by atoms with E-state index >= 15 is 0 Å². The third-order valence-electron chi connectivity index (χ3n) is 2.74. The summed E-state index contributed by atoms with van der Waals surface area (Å²) in [6, 6.07) is 5.79. The molecule has 1 aromatic rings. The second-order valence-corrected chi connectivity index (χ2v) is 4.78. The van der Waals surface area contributed by atoms with Crippen molar-refractivity contribution in [3.05, 3.63) is 28.8 Å². The fourth-order valence-electron chi connectivity index (χ4n) is 1.82. The minimum atomic E-state index is 0.362. The molecule has 0 saturated heterocycles. The lowest BCUT2D eigenvalue weighted by Gasteiger charge is -2.25. The van der Waals surface area contributed by atoms with E-state index in [2.05, 4.69) is 18.7 Å². The summed E-state index contributed by atoms with van der Waals surface area (Å²) in [5.74, 6) is 0. The Morgan fingerprint density at radius 1 is 1.41 bits per heavy atom. The first-order chi connectivity index (χ1) is 8.11. The van der Waals surface area contributed by atoms with Crippen molar-refractivity contribution in [3.8, 4) is 0 Å². The van der Waals surface area contributed by atoms with Crippen LogP contribution in [0, 0.1) is 0 Å². The normalized spacial score (nSPS) is 10.3. The van der Waals surface area contributed by atoms with Gasteiger partial charge in [0.15, 0.2) is 0 Å². The fraction of sp³-hybridized carbons (Fsp3) is 0.462. The summed E-state index contributed by atoms with van der Waals surface area (Å²) >= 11 is 11.2. The van der Waals surface area contributed by atoms with Crippen molar-refractivity contribution in [2.45, 2.75) is 26.7 Å². The molecule has 2 N–H and O–H groups in total. The highest BCUT2D eigenvalue weighted by molar-refractivity contribution is 7.80. The maximum Gasteiger partial charge on any atom is 0.107 e. The maximum atomic E-state index is 6.17. The molecule has 0 aliphatic carbocycles. The largest absolute Gasteiger partial charge is 0.389 e. The smallest absolute Gasteiger partial charge is 0.107 e. The lowest BCUT2D eigenvalue weighted by atomic mass is 10.1. The molecule has 0 spiro atoms. The van der Waals surface area contributed by atoms with Gasteiger partial charge in [0.25, 0.3) is 0 Å². The van der Waals surface area contributed by atoms with Crippen LogP contribution in [0.2, 0.25) is 5.02 Å². The molecule has 94 valence electrons. The second kappa shape index (κ2) is 6.82. The number of anilines is 1. The van der Waals surface area contributed by atoms with E-state index in [0.29, 0.717) is 10.0 Å². The molecule has 0 unspecified atom stereocenters. The standard InChI is InChI=1S/C13H19ClN2S/c1-3-5-9-16(4-2)11-8-6-7-10(14)12(11)13(15)17/h6-8H,3-5,9H2,1-2H3,(H2,15,17). The lowest BCUT2D eigenvalue weighted by molar-refractivity contribution is 0.732. The average molecular weight is 271 g/mol. The number of benzene rings is 1. The van der Waals surface area contributed by atoms with E-state index in [9.17, 15) is 0 Å². The van der Waals surface area contributed by atoms with Crippen molar-refractivity contribution >= 4 is 34.5 Å². The molecule has 0 fully saturated rings. The Hall–Kier alpha value is -0.800. The number of rotatable bonds is 6. The van der Waals surface area contributed by atoms with Crippen LogP contribution >= 0.6 is 23.8 Å². The zero-order valence-corrected chi connectivity index (χ0v) is 11.9. The molecule has 0 aliphatic heterocycles. The summed E-state index contributed by atoms with van der Waals surface area (Å²) in [5, 5.41) is 0.630. The van der Waals surface area contributed by atoms with Gasteiger partial charge < -0.3 is 10.6 Å². The van der Waals surface area contributed by atoms with Crippen molar-refractivity contribution in [1.82, 2.24) is 0 Å². The molecule has 0 radical (unpaired) electrons. The van der Waals surface area contributed by atoms with Crippen LogP contribution in [0.1, 0.15) is 32.3 Å². The SMILES string of the molecule is CCCCN(CC)c1cccc(Cl)c1C(N)=S. The average Bonchev–Trinajstić information content (AvgIpc) is 2.29. The number of hydrogen-bond donors (Lipinski definition) is 1. The minimum Gasteiger partial charge on any atom is -0.389 e. The second-order valence-electron chi connectivity index (χ2n) is 3.93. The van der Waals surface area contributed by atoms with E-state index in [0.717, 1.165) is 30.8 Å². The zero-order chi connectivity index (χ0) is 12.8. The van der Waals surface area contributed by atoms with E-state index in [1.54, 1.807) is 0 Å². The van der Waals surface area contributed by atoms with Crippen molar-refractivity contribution in [3.63, 3.8) is 0 Å². The summed E-state index contributed by atoms with van der Waals surface area (Å²) in [6.45, 7) is 6.24. The van der Waals surface area contributed by atoms with Gasteiger partial charge in [-0.25, -0.2) is 0 Å². The van der Waals surface area contributed by atoms with Gasteiger partial charge in [-0.05, 0) is 25.5 Å². The van der Waals surface area contributed by atoms with Crippen LogP contribution < -0.4 is 10.6 Å². The van der Waals surface area contributed by atoms with Gasteiger partial charge in [0.1, 0.15) is 4.99 Å². The molecule has 1 rings (SSSR count). The number of hydrogen-bond acceptors (Lipinski definition) is 2. The highest BCUT2D eigenvalue weighted by Gasteiger charge is 2.14. The molecule has 0 saturated carbocycles. The topological polar surface area (TPSA) is 29.3 Å². The highest BCUT2D eigenvalue weighted by atomic mass is 35.5. The number of nitrogens with zero attached hydrogens (tertiary/aromatic N) is 1. The van der Waals surface area contributed by atoms with E-state index < -0.39 is 0 Å². The molecule has 0 aromatic heterocycles. The lowest BCUT2D eigenvalue weighted by Crippen LogP contribution is -2.27. The van der Waals surface area contributed by atoms with Crippen LogP contribution in [0.3, 0.4) is 0 Å². The van der Waals surface area contributed by atoms with Gasteiger partial charge in [0.2, 0.25) is 0 Å². The summed E-state index contributed by atoms with van der Waals surface area (Å²) in [4.78, 5) is 2.63. The van der Waals surface area contributed by atoms with Crippen LogP contribution in [0.25, 0.3) is 0 Å². The highest BCUT2D eigenvalue weighted by Crippen LogP contribution is 2.27. The Bertz CT molecular complexity index is 393. The molecule has 1 aromatic carbocycles. The number of unbranched alkanes of at least 4 members (excludes halogenated alkanes) is 1. The maximum absolute atomic E-state index is 6.17.